The number of rotatable bonds is 6. The Bertz CT molecular complexity index is 1090. The van der Waals surface area contributed by atoms with Gasteiger partial charge in [-0.2, -0.15) is 9.57 Å². The van der Waals surface area contributed by atoms with Gasteiger partial charge < -0.3 is 14.5 Å². The van der Waals surface area contributed by atoms with Gasteiger partial charge in [-0.15, -0.1) is 11.3 Å². The molecule has 3 aliphatic rings. The minimum atomic E-state index is -4.05. The summed E-state index contributed by atoms with van der Waals surface area (Å²) in [5.74, 6) is -1.71. The Morgan fingerprint density at radius 2 is 2.16 bits per heavy atom. The number of carbonyl (C=O) groups is 3. The lowest BCUT2D eigenvalue weighted by atomic mass is 10.1. The molecule has 3 saturated heterocycles. The second kappa shape index (κ2) is 8.46. The Labute approximate surface area is 190 Å². The molecule has 32 heavy (non-hydrogen) atoms. The summed E-state index contributed by atoms with van der Waals surface area (Å²) >= 11 is 0.974. The number of fused-ring (bicyclic) bond motifs is 2. The van der Waals surface area contributed by atoms with Crippen LogP contribution in [0.1, 0.15) is 35.9 Å². The largest absolute Gasteiger partial charge is 0.465 e. The first-order valence-electron chi connectivity index (χ1n) is 10.4. The molecule has 2 amide bonds. The monoisotopic (exact) mass is 480 g/mol. The van der Waals surface area contributed by atoms with E-state index in [4.69, 9.17) is 0 Å². The SMILES string of the molecule is COC(=O)c1sccc1S(=O)(=O)N1C[C@@H]2C[C@H]1C(=O)N2C[C@H](C)C(=O)N1CCC[C@H]1C#N. The van der Waals surface area contributed by atoms with Crippen molar-refractivity contribution in [3.8, 4) is 6.07 Å². The van der Waals surface area contributed by atoms with Gasteiger partial charge in [0.2, 0.25) is 21.8 Å². The first-order valence-corrected chi connectivity index (χ1v) is 12.7. The molecule has 0 saturated carbocycles. The number of esters is 1. The molecule has 12 heteroatoms. The average molecular weight is 481 g/mol. The van der Waals surface area contributed by atoms with Crippen molar-refractivity contribution in [2.24, 2.45) is 5.92 Å². The third-order valence-electron chi connectivity index (χ3n) is 6.41. The van der Waals surface area contributed by atoms with Gasteiger partial charge in [0.1, 0.15) is 21.9 Å². The highest BCUT2D eigenvalue weighted by atomic mass is 32.2. The maximum absolute atomic E-state index is 13.2. The number of ether oxygens (including phenoxy) is 1. The molecule has 4 rings (SSSR count). The molecular formula is C20H24N4O6S2. The van der Waals surface area contributed by atoms with Crippen LogP contribution in [0.25, 0.3) is 0 Å². The molecule has 2 bridgehead atoms. The maximum atomic E-state index is 13.2. The van der Waals surface area contributed by atoms with Crippen LogP contribution in [0.5, 0.6) is 0 Å². The molecule has 3 fully saturated rings. The predicted octanol–water partition coefficient (Wildman–Crippen LogP) is 0.659. The zero-order valence-corrected chi connectivity index (χ0v) is 19.4. The van der Waals surface area contributed by atoms with Gasteiger partial charge in [-0.3, -0.25) is 9.59 Å². The van der Waals surface area contributed by atoms with E-state index in [-0.39, 0.29) is 40.7 Å². The van der Waals surface area contributed by atoms with Gasteiger partial charge in [0.15, 0.2) is 0 Å². The van der Waals surface area contributed by atoms with Gasteiger partial charge in [-0.25, -0.2) is 13.2 Å². The number of nitriles is 1. The lowest BCUT2D eigenvalue weighted by molar-refractivity contribution is -0.139. The summed E-state index contributed by atoms with van der Waals surface area (Å²) in [5.41, 5.74) is 0. The number of likely N-dealkylation sites (tertiary alicyclic amines) is 2. The fraction of sp³-hybridized carbons (Fsp3) is 0.600. The van der Waals surface area contributed by atoms with Crippen molar-refractivity contribution in [3.63, 3.8) is 0 Å². The van der Waals surface area contributed by atoms with Gasteiger partial charge in [0.05, 0.1) is 19.1 Å². The van der Waals surface area contributed by atoms with Gasteiger partial charge in [0.25, 0.3) is 0 Å². The molecule has 4 heterocycles. The van der Waals surface area contributed by atoms with Crippen LogP contribution in [0, 0.1) is 17.2 Å². The Hall–Kier alpha value is -2.49. The van der Waals surface area contributed by atoms with Gasteiger partial charge >= 0.3 is 5.97 Å². The van der Waals surface area contributed by atoms with Crippen LogP contribution in [0.15, 0.2) is 16.3 Å². The van der Waals surface area contributed by atoms with Crippen molar-refractivity contribution in [1.82, 2.24) is 14.1 Å². The molecule has 0 N–H and O–H groups in total. The van der Waals surface area contributed by atoms with E-state index >= 15 is 0 Å². The molecule has 1 aromatic heterocycles. The summed E-state index contributed by atoms with van der Waals surface area (Å²) in [4.78, 5) is 40.8. The van der Waals surface area contributed by atoms with Crippen molar-refractivity contribution in [2.45, 2.75) is 49.2 Å². The van der Waals surface area contributed by atoms with Crippen molar-refractivity contribution >= 4 is 39.1 Å². The minimum absolute atomic E-state index is 0.0172. The molecule has 0 aromatic carbocycles. The number of nitrogens with zero attached hydrogens (tertiary/aromatic N) is 4. The molecule has 0 aliphatic carbocycles. The molecule has 3 aliphatic heterocycles. The standard InChI is InChI=1S/C20H24N4O6S2/c1-12(18(25)22-6-3-4-13(22)9-21)10-23-14-8-15(19(23)26)24(11-14)32(28,29)16-5-7-31-17(16)20(27)30-2/h5,7,12-15H,3-4,6,8,10-11H2,1-2H3/t12-,13-,14-,15-/m0/s1. The number of hydrogen-bond donors (Lipinski definition) is 0. The highest BCUT2D eigenvalue weighted by Gasteiger charge is 2.54. The average Bonchev–Trinajstić information content (AvgIpc) is 3.56. The fourth-order valence-electron chi connectivity index (χ4n) is 4.80. The Kier molecular flexibility index (Phi) is 6.00. The molecule has 0 spiro atoms. The molecule has 0 unspecified atom stereocenters. The minimum Gasteiger partial charge on any atom is -0.465 e. The first kappa shape index (κ1) is 22.7. The van der Waals surface area contributed by atoms with Gasteiger partial charge in [-0.1, -0.05) is 6.92 Å². The summed E-state index contributed by atoms with van der Waals surface area (Å²) in [6, 6.07) is 1.89. The Morgan fingerprint density at radius 1 is 1.41 bits per heavy atom. The van der Waals surface area contributed by atoms with Crippen molar-refractivity contribution in [1.29, 1.82) is 5.26 Å². The van der Waals surface area contributed by atoms with E-state index in [1.165, 1.54) is 18.6 Å². The number of piperazine rings is 1. The van der Waals surface area contributed by atoms with Crippen molar-refractivity contribution < 1.29 is 27.5 Å². The van der Waals surface area contributed by atoms with Crippen LogP contribution in [0.4, 0.5) is 0 Å². The third-order valence-corrected chi connectivity index (χ3v) is 9.35. The van der Waals surface area contributed by atoms with E-state index < -0.39 is 34.0 Å². The zero-order valence-electron chi connectivity index (χ0n) is 17.8. The second-order valence-corrected chi connectivity index (χ2v) is 11.1. The molecule has 0 radical (unpaired) electrons. The molecule has 4 atom stereocenters. The normalized spacial score (nSPS) is 26.4. The van der Waals surface area contributed by atoms with Crippen LogP contribution >= 0.6 is 11.3 Å². The number of sulfonamides is 1. The van der Waals surface area contributed by atoms with Crippen LogP contribution in [-0.4, -0.2) is 85.2 Å². The van der Waals surface area contributed by atoms with Crippen LogP contribution < -0.4 is 0 Å². The molecule has 10 nitrogen and oxygen atoms in total. The smallest absolute Gasteiger partial charge is 0.349 e. The second-order valence-electron chi connectivity index (χ2n) is 8.30. The first-order chi connectivity index (χ1) is 15.2. The summed E-state index contributed by atoms with van der Waals surface area (Å²) in [6.07, 6.45) is 1.79. The zero-order chi connectivity index (χ0) is 23.2. The third kappa shape index (κ3) is 3.58. The lowest BCUT2D eigenvalue weighted by Gasteiger charge is -2.35. The van der Waals surface area contributed by atoms with E-state index in [9.17, 15) is 28.1 Å². The number of methoxy groups -OCH3 is 1. The molecule has 1 aromatic rings. The number of hydrogen-bond acceptors (Lipinski definition) is 8. The number of carbonyl (C=O) groups excluding carboxylic acids is 3. The van der Waals surface area contributed by atoms with Gasteiger partial charge in [0, 0.05) is 25.7 Å². The Balaban J connectivity index is 1.47. The fourth-order valence-corrected chi connectivity index (χ4v) is 7.74. The highest BCUT2D eigenvalue weighted by molar-refractivity contribution is 7.89. The lowest BCUT2D eigenvalue weighted by Crippen LogP contribution is -2.54. The molecule has 172 valence electrons. The van der Waals surface area contributed by atoms with E-state index in [1.807, 2.05) is 0 Å². The molecular weight excluding hydrogens is 456 g/mol. The van der Waals surface area contributed by atoms with E-state index in [1.54, 1.807) is 16.7 Å². The predicted molar refractivity (Wildman–Crippen MR) is 113 cm³/mol. The summed E-state index contributed by atoms with van der Waals surface area (Å²) in [7, 11) is -2.87. The quantitative estimate of drug-likeness (QED) is 0.547. The van der Waals surface area contributed by atoms with Crippen molar-refractivity contribution in [2.75, 3.05) is 26.7 Å². The van der Waals surface area contributed by atoms with E-state index in [0.29, 0.717) is 19.4 Å². The van der Waals surface area contributed by atoms with E-state index in [0.717, 1.165) is 22.1 Å². The topological polar surface area (TPSA) is 128 Å². The maximum Gasteiger partial charge on any atom is 0.349 e. The highest BCUT2D eigenvalue weighted by Crippen LogP contribution is 2.38. The summed E-state index contributed by atoms with van der Waals surface area (Å²) in [6.45, 7) is 2.57. The van der Waals surface area contributed by atoms with Gasteiger partial charge in [-0.05, 0) is 30.7 Å². The Morgan fingerprint density at radius 3 is 2.81 bits per heavy atom. The van der Waals surface area contributed by atoms with Crippen LogP contribution in [0.2, 0.25) is 0 Å². The summed E-state index contributed by atoms with van der Waals surface area (Å²) < 4.78 is 32.3. The van der Waals surface area contributed by atoms with Crippen LogP contribution in [-0.2, 0) is 24.3 Å². The number of amides is 2. The van der Waals surface area contributed by atoms with Crippen molar-refractivity contribution in [3.05, 3.63) is 16.3 Å². The van der Waals surface area contributed by atoms with Crippen LogP contribution in [0.3, 0.4) is 0 Å². The van der Waals surface area contributed by atoms with E-state index in [2.05, 4.69) is 10.8 Å². The number of thiophene rings is 1. The summed E-state index contributed by atoms with van der Waals surface area (Å²) in [5, 5.41) is 10.7.